The maximum Gasteiger partial charge on any atom is 0.258 e. The van der Waals surface area contributed by atoms with Gasteiger partial charge < -0.3 is 29.7 Å². The molecule has 2 aromatic rings. The second kappa shape index (κ2) is 14.2. The van der Waals surface area contributed by atoms with Gasteiger partial charge in [0, 0.05) is 49.3 Å². The van der Waals surface area contributed by atoms with Crippen molar-refractivity contribution in [2.75, 3.05) is 45.7 Å². The third-order valence-electron chi connectivity index (χ3n) is 6.80. The number of hydrogen-bond acceptors (Lipinski definition) is 7. The minimum Gasteiger partial charge on any atom is -0.490 e. The van der Waals surface area contributed by atoms with Crippen molar-refractivity contribution in [1.29, 1.82) is 0 Å². The zero-order valence-electron chi connectivity index (χ0n) is 23.2. The van der Waals surface area contributed by atoms with E-state index < -0.39 is 6.04 Å². The number of fused-ring (bicyclic) bond motifs is 1. The lowest BCUT2D eigenvalue weighted by Crippen LogP contribution is -2.47. The normalized spacial score (nSPS) is 22.2. The van der Waals surface area contributed by atoms with Crippen LogP contribution in [-0.4, -0.2) is 90.4 Å². The first-order valence-corrected chi connectivity index (χ1v) is 13.4. The monoisotopic (exact) mass is 526 g/mol. The fourth-order valence-electron chi connectivity index (χ4n) is 4.53. The van der Waals surface area contributed by atoms with Gasteiger partial charge in [-0.05, 0) is 77.5 Å². The number of hydrogen-bond donors (Lipinski definition) is 2. The molecule has 2 amide bonds. The third-order valence-corrected chi connectivity index (χ3v) is 6.80. The van der Waals surface area contributed by atoms with Crippen LogP contribution in [0.2, 0.25) is 0 Å². The van der Waals surface area contributed by atoms with Crippen LogP contribution in [0.15, 0.2) is 42.7 Å². The standard InChI is InChI=1S/C29H42N4O5/c1-20-17-33(21(2)19-34)29(36)25-16-24(31-28(35)23-11-13-30-14-12-23)9-10-26(25)38-22(3)8-6-7-15-37-27(20)18-32(4)5/h9-14,16,20-22,27,34H,6-8,15,17-19H2,1-5H3,(H,31,35)/t20-,21+,22-,27+/m1/s1. The van der Waals surface area contributed by atoms with Gasteiger partial charge in [0.25, 0.3) is 11.8 Å². The van der Waals surface area contributed by atoms with Gasteiger partial charge in [0.05, 0.1) is 30.4 Å². The van der Waals surface area contributed by atoms with Crippen molar-refractivity contribution < 1.29 is 24.2 Å². The van der Waals surface area contributed by atoms with Crippen LogP contribution in [-0.2, 0) is 4.74 Å². The maximum absolute atomic E-state index is 14.1. The number of pyridine rings is 1. The molecule has 0 spiro atoms. The van der Waals surface area contributed by atoms with E-state index >= 15 is 0 Å². The summed E-state index contributed by atoms with van der Waals surface area (Å²) in [5.74, 6) is -0.0735. The van der Waals surface area contributed by atoms with Crippen molar-refractivity contribution in [3.8, 4) is 5.75 Å². The molecule has 0 unspecified atom stereocenters. The lowest BCUT2D eigenvalue weighted by Gasteiger charge is -2.35. The number of rotatable bonds is 6. The van der Waals surface area contributed by atoms with Gasteiger partial charge in [-0.3, -0.25) is 14.6 Å². The van der Waals surface area contributed by atoms with Gasteiger partial charge in [-0.15, -0.1) is 0 Å². The quantitative estimate of drug-likeness (QED) is 0.592. The Hall–Kier alpha value is -3.01. The van der Waals surface area contributed by atoms with Gasteiger partial charge in [-0.2, -0.15) is 0 Å². The highest BCUT2D eigenvalue weighted by atomic mass is 16.5. The fourth-order valence-corrected chi connectivity index (χ4v) is 4.53. The molecule has 0 fully saturated rings. The Kier molecular flexibility index (Phi) is 11.1. The largest absolute Gasteiger partial charge is 0.490 e. The van der Waals surface area contributed by atoms with Gasteiger partial charge >= 0.3 is 0 Å². The molecule has 9 heteroatoms. The van der Waals surface area contributed by atoms with Crippen molar-refractivity contribution in [3.63, 3.8) is 0 Å². The minimum absolute atomic E-state index is 0.0242. The molecule has 38 heavy (non-hydrogen) atoms. The van der Waals surface area contributed by atoms with Crippen molar-refractivity contribution >= 4 is 17.5 Å². The number of benzene rings is 1. The lowest BCUT2D eigenvalue weighted by atomic mass is 10.0. The Bertz CT molecular complexity index is 1050. The van der Waals surface area contributed by atoms with E-state index in [1.54, 1.807) is 47.6 Å². The first-order valence-electron chi connectivity index (χ1n) is 13.4. The minimum atomic E-state index is -0.418. The Morgan fingerprint density at radius 2 is 1.95 bits per heavy atom. The Morgan fingerprint density at radius 3 is 2.63 bits per heavy atom. The van der Waals surface area contributed by atoms with Crippen molar-refractivity contribution in [2.24, 2.45) is 5.92 Å². The van der Waals surface area contributed by atoms with Crippen molar-refractivity contribution in [1.82, 2.24) is 14.8 Å². The van der Waals surface area contributed by atoms with Crippen LogP contribution >= 0.6 is 0 Å². The highest BCUT2D eigenvalue weighted by Crippen LogP contribution is 2.28. The fraction of sp³-hybridized carbons (Fsp3) is 0.552. The number of amides is 2. The molecule has 0 saturated carbocycles. The molecule has 208 valence electrons. The van der Waals surface area contributed by atoms with E-state index in [1.807, 2.05) is 27.9 Å². The zero-order chi connectivity index (χ0) is 27.7. The molecule has 0 radical (unpaired) electrons. The summed E-state index contributed by atoms with van der Waals surface area (Å²) in [5.41, 5.74) is 1.29. The van der Waals surface area contributed by atoms with Crippen LogP contribution in [0.3, 0.4) is 0 Å². The number of ether oxygens (including phenoxy) is 2. The maximum atomic E-state index is 14.1. The summed E-state index contributed by atoms with van der Waals surface area (Å²) >= 11 is 0. The number of nitrogens with zero attached hydrogens (tertiary/aromatic N) is 3. The highest BCUT2D eigenvalue weighted by Gasteiger charge is 2.30. The summed E-state index contributed by atoms with van der Waals surface area (Å²) < 4.78 is 12.5. The third kappa shape index (κ3) is 8.24. The smallest absolute Gasteiger partial charge is 0.258 e. The molecule has 0 aliphatic carbocycles. The predicted octanol–water partition coefficient (Wildman–Crippen LogP) is 3.69. The predicted molar refractivity (Wildman–Crippen MR) is 148 cm³/mol. The van der Waals surface area contributed by atoms with Gasteiger partial charge in [0.2, 0.25) is 0 Å². The van der Waals surface area contributed by atoms with Crippen LogP contribution in [0.4, 0.5) is 5.69 Å². The molecule has 0 bridgehead atoms. The molecular formula is C29H42N4O5. The Labute approximate surface area is 226 Å². The van der Waals surface area contributed by atoms with Crippen LogP contribution < -0.4 is 10.1 Å². The summed E-state index contributed by atoms with van der Waals surface area (Å²) in [4.78, 5) is 34.6. The van der Waals surface area contributed by atoms with Crippen LogP contribution in [0, 0.1) is 5.92 Å². The summed E-state index contributed by atoms with van der Waals surface area (Å²) in [7, 11) is 4.02. The van der Waals surface area contributed by atoms with Crippen molar-refractivity contribution in [2.45, 2.75) is 58.3 Å². The Balaban J connectivity index is 1.98. The molecule has 1 aliphatic heterocycles. The Morgan fingerprint density at radius 1 is 1.21 bits per heavy atom. The topological polar surface area (TPSA) is 104 Å². The molecule has 0 saturated heterocycles. The molecular weight excluding hydrogens is 484 g/mol. The van der Waals surface area contributed by atoms with E-state index in [9.17, 15) is 14.7 Å². The molecule has 1 aromatic carbocycles. The van der Waals surface area contributed by atoms with Crippen molar-refractivity contribution in [3.05, 3.63) is 53.9 Å². The van der Waals surface area contributed by atoms with Gasteiger partial charge in [0.1, 0.15) is 5.75 Å². The number of anilines is 1. The van der Waals surface area contributed by atoms with E-state index in [0.717, 1.165) is 25.8 Å². The van der Waals surface area contributed by atoms with E-state index in [2.05, 4.69) is 22.1 Å². The number of aromatic nitrogens is 1. The molecule has 9 nitrogen and oxygen atoms in total. The first-order chi connectivity index (χ1) is 18.2. The van der Waals surface area contributed by atoms with Crippen LogP contribution in [0.1, 0.15) is 60.7 Å². The highest BCUT2D eigenvalue weighted by molar-refractivity contribution is 6.05. The number of aliphatic hydroxyl groups is 1. The van der Waals surface area contributed by atoms with Gasteiger partial charge in [-0.1, -0.05) is 6.92 Å². The van der Waals surface area contributed by atoms with Crippen LogP contribution in [0.5, 0.6) is 5.75 Å². The number of likely N-dealkylation sites (N-methyl/N-ethyl adjacent to an activating group) is 1. The first kappa shape index (κ1) is 29.5. The number of aliphatic hydroxyl groups excluding tert-OH is 1. The van der Waals surface area contributed by atoms with Crippen LogP contribution in [0.25, 0.3) is 0 Å². The summed E-state index contributed by atoms with van der Waals surface area (Å²) in [6, 6.07) is 7.97. The van der Waals surface area contributed by atoms with E-state index in [1.165, 1.54) is 0 Å². The summed E-state index contributed by atoms with van der Waals surface area (Å²) in [5, 5.41) is 12.9. The molecule has 2 N–H and O–H groups in total. The second-order valence-corrected chi connectivity index (χ2v) is 10.5. The number of carbonyl (C=O) groups excluding carboxylic acids is 2. The average Bonchev–Trinajstić information content (AvgIpc) is 2.90. The summed E-state index contributed by atoms with van der Waals surface area (Å²) in [6.45, 7) is 7.51. The molecule has 1 aliphatic rings. The summed E-state index contributed by atoms with van der Waals surface area (Å²) in [6.07, 6.45) is 5.63. The SMILES string of the molecule is C[C@@H]1CCCCO[C@@H](CN(C)C)[C@H](C)CN([C@@H](C)CO)C(=O)c2cc(NC(=O)c3ccncc3)ccc2O1. The number of nitrogens with one attached hydrogen (secondary N) is 1. The average molecular weight is 527 g/mol. The molecule has 4 atom stereocenters. The molecule has 1 aromatic heterocycles. The molecule has 3 rings (SSSR count). The van der Waals surface area contributed by atoms with E-state index in [0.29, 0.717) is 35.7 Å². The zero-order valence-corrected chi connectivity index (χ0v) is 23.2. The molecule has 2 heterocycles. The number of carbonyl (C=O) groups is 2. The van der Waals surface area contributed by atoms with Gasteiger partial charge in [0.15, 0.2) is 0 Å². The van der Waals surface area contributed by atoms with E-state index in [-0.39, 0.29) is 36.5 Å². The van der Waals surface area contributed by atoms with E-state index in [4.69, 9.17) is 9.47 Å². The van der Waals surface area contributed by atoms with Gasteiger partial charge in [-0.25, -0.2) is 0 Å². The second-order valence-electron chi connectivity index (χ2n) is 10.5. The lowest BCUT2D eigenvalue weighted by molar-refractivity contribution is -0.0137.